The molecular weight excluding hydrogens is 332 g/mol. The number of para-hydroxylation sites is 2. The van der Waals surface area contributed by atoms with E-state index in [1.807, 2.05) is 30.3 Å². The van der Waals surface area contributed by atoms with E-state index in [4.69, 9.17) is 14.2 Å². The molecule has 0 radical (unpaired) electrons. The Hall–Kier alpha value is -2.82. The van der Waals surface area contributed by atoms with Crippen molar-refractivity contribution in [3.8, 4) is 17.2 Å². The van der Waals surface area contributed by atoms with E-state index >= 15 is 0 Å². The first-order valence-electron chi connectivity index (χ1n) is 8.39. The Labute approximate surface area is 153 Å². The number of ketones is 2. The van der Waals surface area contributed by atoms with Crippen molar-refractivity contribution >= 4 is 11.6 Å². The fourth-order valence-corrected chi connectivity index (χ4v) is 2.84. The van der Waals surface area contributed by atoms with Crippen LogP contribution in [0.2, 0.25) is 0 Å². The summed E-state index contributed by atoms with van der Waals surface area (Å²) >= 11 is 0. The van der Waals surface area contributed by atoms with Gasteiger partial charge in [0.2, 0.25) is 0 Å². The SMILES string of the molecule is COc1cccc(C(COc2ccccc2CC(C)=O)C(C)=O)c1OC. The fraction of sp³-hybridized carbons (Fsp3) is 0.333. The first-order valence-corrected chi connectivity index (χ1v) is 8.39. The Bertz CT molecular complexity index is 782. The molecule has 1 unspecified atom stereocenters. The molecule has 0 aliphatic rings. The highest BCUT2D eigenvalue weighted by molar-refractivity contribution is 5.85. The summed E-state index contributed by atoms with van der Waals surface area (Å²) in [5.74, 6) is 1.20. The number of Topliss-reactive ketones (excluding diaryl/α,β-unsaturated/α-hetero) is 2. The quantitative estimate of drug-likeness (QED) is 0.687. The van der Waals surface area contributed by atoms with Crippen molar-refractivity contribution in [2.45, 2.75) is 26.2 Å². The number of hydrogen-bond donors (Lipinski definition) is 0. The molecule has 5 nitrogen and oxygen atoms in total. The topological polar surface area (TPSA) is 61.8 Å². The van der Waals surface area contributed by atoms with Gasteiger partial charge in [-0.1, -0.05) is 30.3 Å². The van der Waals surface area contributed by atoms with Crippen LogP contribution in [0.5, 0.6) is 17.2 Å². The minimum atomic E-state index is -0.509. The number of carbonyl (C=O) groups is 2. The van der Waals surface area contributed by atoms with E-state index in [0.29, 0.717) is 29.2 Å². The molecule has 0 amide bonds. The molecule has 2 aromatic carbocycles. The number of rotatable bonds is 9. The van der Waals surface area contributed by atoms with E-state index in [2.05, 4.69) is 0 Å². The average Bonchev–Trinajstić information content (AvgIpc) is 2.62. The molecule has 5 heteroatoms. The van der Waals surface area contributed by atoms with Gasteiger partial charge in [0.15, 0.2) is 11.5 Å². The second-order valence-electron chi connectivity index (χ2n) is 6.04. The zero-order valence-electron chi connectivity index (χ0n) is 15.6. The van der Waals surface area contributed by atoms with E-state index in [-0.39, 0.29) is 18.2 Å². The van der Waals surface area contributed by atoms with Crippen LogP contribution in [-0.4, -0.2) is 32.4 Å². The molecule has 2 aromatic rings. The maximum absolute atomic E-state index is 12.3. The lowest BCUT2D eigenvalue weighted by Crippen LogP contribution is -2.19. The first kappa shape index (κ1) is 19.5. The molecule has 0 aliphatic carbocycles. The zero-order chi connectivity index (χ0) is 19.1. The van der Waals surface area contributed by atoms with Gasteiger partial charge in [-0.15, -0.1) is 0 Å². The van der Waals surface area contributed by atoms with Crippen LogP contribution in [0.3, 0.4) is 0 Å². The minimum Gasteiger partial charge on any atom is -0.493 e. The highest BCUT2D eigenvalue weighted by Crippen LogP contribution is 2.36. The number of hydrogen-bond acceptors (Lipinski definition) is 5. The fourth-order valence-electron chi connectivity index (χ4n) is 2.84. The molecule has 0 aromatic heterocycles. The molecule has 0 saturated carbocycles. The van der Waals surface area contributed by atoms with Crippen molar-refractivity contribution in [1.29, 1.82) is 0 Å². The summed E-state index contributed by atoms with van der Waals surface area (Å²) in [6, 6.07) is 12.8. The number of ether oxygens (including phenoxy) is 3. The summed E-state index contributed by atoms with van der Waals surface area (Å²) in [6.07, 6.45) is 0.295. The lowest BCUT2D eigenvalue weighted by Gasteiger charge is -2.20. The third kappa shape index (κ3) is 4.63. The molecule has 0 N–H and O–H groups in total. The van der Waals surface area contributed by atoms with Crippen LogP contribution >= 0.6 is 0 Å². The predicted octanol–water partition coefficient (Wildman–Crippen LogP) is 3.59. The van der Waals surface area contributed by atoms with Crippen LogP contribution in [0.1, 0.15) is 30.9 Å². The van der Waals surface area contributed by atoms with Gasteiger partial charge in [0.05, 0.1) is 20.1 Å². The van der Waals surface area contributed by atoms with Crippen molar-refractivity contribution in [1.82, 2.24) is 0 Å². The maximum Gasteiger partial charge on any atom is 0.164 e. The van der Waals surface area contributed by atoms with E-state index in [0.717, 1.165) is 5.56 Å². The number of carbonyl (C=O) groups excluding carboxylic acids is 2. The van der Waals surface area contributed by atoms with Gasteiger partial charge in [-0.2, -0.15) is 0 Å². The number of benzene rings is 2. The Morgan fingerprint density at radius 3 is 2.23 bits per heavy atom. The zero-order valence-corrected chi connectivity index (χ0v) is 15.6. The molecule has 138 valence electrons. The summed E-state index contributed by atoms with van der Waals surface area (Å²) in [4.78, 5) is 23.7. The van der Waals surface area contributed by atoms with Gasteiger partial charge >= 0.3 is 0 Å². The van der Waals surface area contributed by atoms with Crippen molar-refractivity contribution in [2.24, 2.45) is 0 Å². The van der Waals surface area contributed by atoms with Crippen LogP contribution in [0.4, 0.5) is 0 Å². The van der Waals surface area contributed by atoms with Crippen LogP contribution in [0.15, 0.2) is 42.5 Å². The van der Waals surface area contributed by atoms with Gasteiger partial charge in [0.25, 0.3) is 0 Å². The van der Waals surface area contributed by atoms with Crippen molar-refractivity contribution in [3.05, 3.63) is 53.6 Å². The summed E-state index contributed by atoms with van der Waals surface area (Å²) < 4.78 is 16.7. The highest BCUT2D eigenvalue weighted by Gasteiger charge is 2.24. The third-order valence-corrected chi connectivity index (χ3v) is 4.12. The average molecular weight is 356 g/mol. The lowest BCUT2D eigenvalue weighted by molar-refractivity contribution is -0.119. The Balaban J connectivity index is 2.29. The number of methoxy groups -OCH3 is 2. The lowest BCUT2D eigenvalue weighted by atomic mass is 9.95. The molecule has 0 spiro atoms. The second-order valence-corrected chi connectivity index (χ2v) is 6.04. The van der Waals surface area contributed by atoms with Gasteiger partial charge in [-0.05, 0) is 26.0 Å². The van der Waals surface area contributed by atoms with Gasteiger partial charge in [-0.3, -0.25) is 9.59 Å². The largest absolute Gasteiger partial charge is 0.493 e. The summed E-state index contributed by atoms with van der Waals surface area (Å²) in [5.41, 5.74) is 1.52. The Morgan fingerprint density at radius 2 is 1.62 bits per heavy atom. The second kappa shape index (κ2) is 9.04. The monoisotopic (exact) mass is 356 g/mol. The molecule has 0 saturated heterocycles. The molecular formula is C21H24O5. The van der Waals surface area contributed by atoms with Crippen LogP contribution in [-0.2, 0) is 16.0 Å². The molecule has 0 aliphatic heterocycles. The molecule has 26 heavy (non-hydrogen) atoms. The molecule has 0 fully saturated rings. The van der Waals surface area contributed by atoms with Crippen LogP contribution < -0.4 is 14.2 Å². The summed E-state index contributed by atoms with van der Waals surface area (Å²) in [5, 5.41) is 0. The van der Waals surface area contributed by atoms with E-state index in [1.54, 1.807) is 26.4 Å². The van der Waals surface area contributed by atoms with Crippen LogP contribution in [0.25, 0.3) is 0 Å². The van der Waals surface area contributed by atoms with Gasteiger partial charge in [0, 0.05) is 17.5 Å². The molecule has 0 bridgehead atoms. The Morgan fingerprint density at radius 1 is 0.923 bits per heavy atom. The van der Waals surface area contributed by atoms with E-state index in [1.165, 1.54) is 13.8 Å². The molecule has 2 rings (SSSR count). The Kier molecular flexibility index (Phi) is 6.78. The molecule has 0 heterocycles. The minimum absolute atomic E-state index is 0.0411. The smallest absolute Gasteiger partial charge is 0.164 e. The third-order valence-electron chi connectivity index (χ3n) is 4.12. The first-order chi connectivity index (χ1) is 12.5. The van der Waals surface area contributed by atoms with Crippen molar-refractivity contribution in [3.63, 3.8) is 0 Å². The maximum atomic E-state index is 12.3. The summed E-state index contributed by atoms with van der Waals surface area (Å²) in [6.45, 7) is 3.21. The van der Waals surface area contributed by atoms with Gasteiger partial charge in [0.1, 0.15) is 23.9 Å². The van der Waals surface area contributed by atoms with Crippen LogP contribution in [0, 0.1) is 0 Å². The van der Waals surface area contributed by atoms with Gasteiger partial charge < -0.3 is 14.2 Å². The normalized spacial score (nSPS) is 11.5. The standard InChI is InChI=1S/C21H24O5/c1-14(22)12-16-8-5-6-10-19(16)26-13-18(15(2)23)17-9-7-11-20(24-3)21(17)25-4/h5-11,18H,12-13H2,1-4H3. The highest BCUT2D eigenvalue weighted by atomic mass is 16.5. The van der Waals surface area contributed by atoms with E-state index in [9.17, 15) is 9.59 Å². The van der Waals surface area contributed by atoms with Crippen molar-refractivity contribution < 1.29 is 23.8 Å². The van der Waals surface area contributed by atoms with Gasteiger partial charge in [-0.25, -0.2) is 0 Å². The van der Waals surface area contributed by atoms with E-state index < -0.39 is 5.92 Å². The van der Waals surface area contributed by atoms with Crippen molar-refractivity contribution in [2.75, 3.05) is 20.8 Å². The summed E-state index contributed by atoms with van der Waals surface area (Å²) in [7, 11) is 3.10. The predicted molar refractivity (Wildman–Crippen MR) is 99.3 cm³/mol. The molecule has 1 atom stereocenters.